The summed E-state index contributed by atoms with van der Waals surface area (Å²) in [6, 6.07) is 0. The van der Waals surface area contributed by atoms with Crippen molar-refractivity contribution in [3.05, 3.63) is 11.9 Å². The van der Waals surface area contributed by atoms with Crippen molar-refractivity contribution < 1.29 is 8.42 Å². The van der Waals surface area contributed by atoms with Gasteiger partial charge in [-0.3, -0.25) is 0 Å². The average Bonchev–Trinajstić information content (AvgIpc) is 2.36. The molecule has 0 amide bonds. The van der Waals surface area contributed by atoms with Crippen molar-refractivity contribution in [2.75, 3.05) is 0 Å². The first-order valence-corrected chi connectivity index (χ1v) is 4.04. The molecule has 7 heteroatoms. The zero-order valence-corrected chi connectivity index (χ0v) is 5.67. The lowest BCUT2D eigenvalue weighted by Gasteiger charge is -1.90. The quantitative estimate of drug-likeness (QED) is 0.499. The Balaban J connectivity index is 2.76. The minimum atomic E-state index is -3.37. The number of nitrogens with one attached hydrogen (secondary N) is 1. The molecule has 2 rings (SSSR count). The molecule has 0 atom stereocenters. The van der Waals surface area contributed by atoms with Gasteiger partial charge in [-0.1, -0.05) is 5.21 Å². The third kappa shape index (κ3) is 0.582. The summed E-state index contributed by atoms with van der Waals surface area (Å²) in [5.41, 5.74) is 0.569. The molecule has 0 radical (unpaired) electrons. The van der Waals surface area contributed by atoms with E-state index < -0.39 is 10.2 Å². The van der Waals surface area contributed by atoms with Crippen molar-refractivity contribution in [3.63, 3.8) is 0 Å². The summed E-state index contributed by atoms with van der Waals surface area (Å²) >= 11 is 0. The van der Waals surface area contributed by atoms with Crippen LogP contribution in [-0.2, 0) is 16.8 Å². The number of hydrogen-bond acceptors (Lipinski definition) is 4. The molecule has 0 bridgehead atoms. The lowest BCUT2D eigenvalue weighted by atomic mass is 10.5. The van der Waals surface area contributed by atoms with Gasteiger partial charge in [0, 0.05) is 0 Å². The molecule has 0 aromatic carbocycles. The average molecular weight is 160 g/mol. The molecule has 0 saturated carbocycles. The monoisotopic (exact) mass is 160 g/mol. The van der Waals surface area contributed by atoms with Gasteiger partial charge in [0.15, 0.2) is 0 Å². The van der Waals surface area contributed by atoms with E-state index >= 15 is 0 Å². The van der Waals surface area contributed by atoms with E-state index in [9.17, 15) is 8.42 Å². The standard InChI is InChI=1S/C3H4N4O2S/c8-10(9)5-2-3-1-4-6-7(3)10/h1,5H,2H2. The molecule has 1 aromatic heterocycles. The maximum Gasteiger partial charge on any atom is 0.322 e. The van der Waals surface area contributed by atoms with Gasteiger partial charge in [-0.05, 0) is 0 Å². The second-order valence-electron chi connectivity index (χ2n) is 1.89. The molecule has 54 valence electrons. The van der Waals surface area contributed by atoms with Crippen molar-refractivity contribution in [1.82, 2.24) is 19.1 Å². The molecular formula is C3H4N4O2S. The fraction of sp³-hybridized carbons (Fsp3) is 0.333. The van der Waals surface area contributed by atoms with Crippen LogP contribution in [0.3, 0.4) is 0 Å². The first-order valence-electron chi connectivity index (χ1n) is 2.60. The van der Waals surface area contributed by atoms with Gasteiger partial charge in [0.1, 0.15) is 0 Å². The summed E-state index contributed by atoms with van der Waals surface area (Å²) in [4.78, 5) is 0. The second kappa shape index (κ2) is 1.55. The van der Waals surface area contributed by atoms with Crippen LogP contribution < -0.4 is 4.72 Å². The topological polar surface area (TPSA) is 76.9 Å². The molecule has 0 saturated heterocycles. The smallest absolute Gasteiger partial charge is 0.190 e. The van der Waals surface area contributed by atoms with Gasteiger partial charge in [0.25, 0.3) is 0 Å². The summed E-state index contributed by atoms with van der Waals surface area (Å²) in [6.07, 6.45) is 1.41. The number of aromatic nitrogens is 3. The van der Waals surface area contributed by atoms with Crippen LogP contribution in [0.5, 0.6) is 0 Å². The van der Waals surface area contributed by atoms with E-state index in [2.05, 4.69) is 15.0 Å². The molecule has 10 heavy (non-hydrogen) atoms. The van der Waals surface area contributed by atoms with Crippen LogP contribution >= 0.6 is 0 Å². The Kier molecular flexibility index (Phi) is 0.902. The van der Waals surface area contributed by atoms with Crippen LogP contribution in [0.15, 0.2) is 6.20 Å². The van der Waals surface area contributed by atoms with Crippen molar-refractivity contribution in [3.8, 4) is 0 Å². The Labute approximate surface area is 57.0 Å². The predicted molar refractivity (Wildman–Crippen MR) is 31.2 cm³/mol. The third-order valence-corrected chi connectivity index (χ3v) is 2.52. The molecule has 1 aliphatic heterocycles. The molecule has 0 aliphatic carbocycles. The van der Waals surface area contributed by atoms with E-state index in [1.54, 1.807) is 0 Å². The number of rotatable bonds is 0. The van der Waals surface area contributed by atoms with Crippen molar-refractivity contribution in [2.45, 2.75) is 6.54 Å². The first-order chi connectivity index (χ1) is 4.70. The molecule has 0 unspecified atom stereocenters. The van der Waals surface area contributed by atoms with Gasteiger partial charge in [0.05, 0.1) is 18.4 Å². The van der Waals surface area contributed by atoms with Crippen LogP contribution in [0.25, 0.3) is 0 Å². The molecule has 1 aromatic rings. The highest BCUT2D eigenvalue weighted by Gasteiger charge is 2.25. The maximum atomic E-state index is 10.9. The highest BCUT2D eigenvalue weighted by Crippen LogP contribution is 2.06. The Morgan fingerprint density at radius 1 is 1.70 bits per heavy atom. The van der Waals surface area contributed by atoms with E-state index in [4.69, 9.17) is 0 Å². The fourth-order valence-corrected chi connectivity index (χ4v) is 1.80. The normalized spacial score (nSPS) is 20.8. The van der Waals surface area contributed by atoms with Crippen LogP contribution in [-0.4, -0.2) is 22.8 Å². The van der Waals surface area contributed by atoms with Crippen LogP contribution in [0.1, 0.15) is 5.69 Å². The SMILES string of the molecule is O=S1(=O)NCc2cnnn21. The largest absolute Gasteiger partial charge is 0.322 e. The Bertz CT molecular complexity index is 352. The molecule has 2 heterocycles. The van der Waals surface area contributed by atoms with Crippen molar-refractivity contribution >= 4 is 10.2 Å². The lowest BCUT2D eigenvalue weighted by molar-refractivity contribution is 0.574. The maximum absolute atomic E-state index is 10.9. The number of hydrogen-bond donors (Lipinski definition) is 1. The lowest BCUT2D eigenvalue weighted by Crippen LogP contribution is -2.21. The summed E-state index contributed by atoms with van der Waals surface area (Å²) in [6.45, 7) is 0.287. The molecule has 6 nitrogen and oxygen atoms in total. The Morgan fingerprint density at radius 2 is 2.50 bits per heavy atom. The molecular weight excluding hydrogens is 156 g/mol. The number of fused-ring (bicyclic) bond motifs is 1. The molecule has 0 spiro atoms. The van der Waals surface area contributed by atoms with Gasteiger partial charge in [0.2, 0.25) is 0 Å². The van der Waals surface area contributed by atoms with Crippen LogP contribution in [0.4, 0.5) is 0 Å². The Morgan fingerprint density at radius 3 is 3.20 bits per heavy atom. The van der Waals surface area contributed by atoms with Gasteiger partial charge >= 0.3 is 10.2 Å². The second-order valence-corrected chi connectivity index (χ2v) is 3.48. The first kappa shape index (κ1) is 5.81. The van der Waals surface area contributed by atoms with E-state index in [1.807, 2.05) is 0 Å². The minimum absolute atomic E-state index is 0.287. The van der Waals surface area contributed by atoms with Crippen molar-refractivity contribution in [1.29, 1.82) is 0 Å². The van der Waals surface area contributed by atoms with Gasteiger partial charge in [-0.2, -0.15) is 13.1 Å². The summed E-state index contributed by atoms with van der Waals surface area (Å²) < 4.78 is 24.9. The molecule has 1 aliphatic rings. The molecule has 0 fully saturated rings. The fourth-order valence-electron chi connectivity index (χ4n) is 0.788. The van der Waals surface area contributed by atoms with E-state index in [1.165, 1.54) is 6.20 Å². The highest BCUT2D eigenvalue weighted by molar-refractivity contribution is 7.88. The Hall–Kier alpha value is -0.950. The summed E-state index contributed by atoms with van der Waals surface area (Å²) in [7, 11) is -3.37. The van der Waals surface area contributed by atoms with E-state index in [0.29, 0.717) is 5.69 Å². The summed E-state index contributed by atoms with van der Waals surface area (Å²) in [5, 5.41) is 6.80. The zero-order valence-electron chi connectivity index (χ0n) is 4.85. The van der Waals surface area contributed by atoms with Crippen LogP contribution in [0.2, 0.25) is 0 Å². The number of nitrogens with zero attached hydrogens (tertiary/aromatic N) is 3. The third-order valence-electron chi connectivity index (χ3n) is 1.25. The van der Waals surface area contributed by atoms with Crippen LogP contribution in [0, 0.1) is 0 Å². The van der Waals surface area contributed by atoms with Gasteiger partial charge < -0.3 is 0 Å². The van der Waals surface area contributed by atoms with E-state index in [0.717, 1.165) is 4.09 Å². The van der Waals surface area contributed by atoms with Gasteiger partial charge in [-0.25, -0.2) is 0 Å². The predicted octanol–water partition coefficient (Wildman–Crippen LogP) is -1.53. The minimum Gasteiger partial charge on any atom is -0.190 e. The van der Waals surface area contributed by atoms with Crippen molar-refractivity contribution in [2.24, 2.45) is 0 Å². The van der Waals surface area contributed by atoms with Gasteiger partial charge in [-0.15, -0.1) is 9.19 Å². The molecule has 1 N–H and O–H groups in total. The highest BCUT2D eigenvalue weighted by atomic mass is 32.2. The zero-order chi connectivity index (χ0) is 7.19. The van der Waals surface area contributed by atoms with E-state index in [-0.39, 0.29) is 6.54 Å². The summed E-state index contributed by atoms with van der Waals surface area (Å²) in [5.74, 6) is 0.